The van der Waals surface area contributed by atoms with Crippen molar-refractivity contribution in [3.63, 3.8) is 0 Å². The van der Waals surface area contributed by atoms with Crippen LogP contribution in [-0.2, 0) is 4.79 Å². The molecule has 86 valence electrons. The van der Waals surface area contributed by atoms with E-state index in [1.165, 1.54) is 12.1 Å². The van der Waals surface area contributed by atoms with Crippen LogP contribution in [0, 0.1) is 10.1 Å². The monoisotopic (exact) mass is 244 g/mol. The Morgan fingerprint density at radius 1 is 1.56 bits per heavy atom. The standard InChI is InChI=1S/C9H9ClN2O4/c10-6-2-1-3-7(9(6)12(15)16)11-5-4-8(13)14/h1-3,11H,4-5H2,(H,13,14). The van der Waals surface area contributed by atoms with Crippen molar-refractivity contribution in [1.29, 1.82) is 0 Å². The molecule has 0 aliphatic heterocycles. The van der Waals surface area contributed by atoms with Crippen LogP contribution in [0.3, 0.4) is 0 Å². The Morgan fingerprint density at radius 2 is 2.25 bits per heavy atom. The normalized spacial score (nSPS) is 9.81. The van der Waals surface area contributed by atoms with E-state index in [1.807, 2.05) is 0 Å². The number of benzene rings is 1. The Kier molecular flexibility index (Phi) is 4.07. The van der Waals surface area contributed by atoms with Gasteiger partial charge in [0, 0.05) is 6.54 Å². The number of nitro groups is 1. The first-order chi connectivity index (χ1) is 7.52. The van der Waals surface area contributed by atoms with Crippen LogP contribution < -0.4 is 5.32 Å². The van der Waals surface area contributed by atoms with Crippen LogP contribution in [0.15, 0.2) is 18.2 Å². The summed E-state index contributed by atoms with van der Waals surface area (Å²) < 4.78 is 0. The van der Waals surface area contributed by atoms with E-state index in [9.17, 15) is 14.9 Å². The van der Waals surface area contributed by atoms with Crippen LogP contribution in [0.4, 0.5) is 11.4 Å². The summed E-state index contributed by atoms with van der Waals surface area (Å²) in [4.78, 5) is 20.4. The molecule has 0 unspecified atom stereocenters. The van der Waals surface area contributed by atoms with Gasteiger partial charge in [0.15, 0.2) is 0 Å². The molecule has 1 aromatic rings. The highest BCUT2D eigenvalue weighted by atomic mass is 35.5. The molecule has 0 saturated carbocycles. The number of hydrogen-bond donors (Lipinski definition) is 2. The van der Waals surface area contributed by atoms with Gasteiger partial charge in [0.05, 0.1) is 11.3 Å². The van der Waals surface area contributed by atoms with Crippen molar-refractivity contribution in [3.05, 3.63) is 33.3 Å². The molecule has 0 fully saturated rings. The Labute approximate surface area is 96.0 Å². The van der Waals surface area contributed by atoms with E-state index in [-0.39, 0.29) is 29.4 Å². The van der Waals surface area contributed by atoms with E-state index < -0.39 is 10.9 Å². The number of carboxylic acids is 1. The molecule has 0 bridgehead atoms. The maximum Gasteiger partial charge on any atom is 0.310 e. The van der Waals surface area contributed by atoms with Crippen molar-refractivity contribution in [2.75, 3.05) is 11.9 Å². The Morgan fingerprint density at radius 3 is 2.81 bits per heavy atom. The molecule has 1 aromatic carbocycles. The summed E-state index contributed by atoms with van der Waals surface area (Å²) >= 11 is 5.67. The molecular weight excluding hydrogens is 236 g/mol. The fourth-order valence-electron chi connectivity index (χ4n) is 1.15. The second-order valence-corrected chi connectivity index (χ2v) is 3.37. The summed E-state index contributed by atoms with van der Waals surface area (Å²) in [6.45, 7) is 0.108. The van der Waals surface area contributed by atoms with E-state index >= 15 is 0 Å². The highest BCUT2D eigenvalue weighted by Crippen LogP contribution is 2.31. The lowest BCUT2D eigenvalue weighted by Crippen LogP contribution is -2.09. The van der Waals surface area contributed by atoms with Gasteiger partial charge < -0.3 is 10.4 Å². The second-order valence-electron chi connectivity index (χ2n) is 2.96. The summed E-state index contributed by atoms with van der Waals surface area (Å²) in [5, 5.41) is 21.8. The number of rotatable bonds is 5. The van der Waals surface area contributed by atoms with Gasteiger partial charge in [-0.25, -0.2) is 0 Å². The number of carboxylic acid groups (broad SMARTS) is 1. The highest BCUT2D eigenvalue weighted by molar-refractivity contribution is 6.33. The lowest BCUT2D eigenvalue weighted by molar-refractivity contribution is -0.383. The zero-order valence-electron chi connectivity index (χ0n) is 8.14. The van der Waals surface area contributed by atoms with Gasteiger partial charge in [0.1, 0.15) is 10.7 Å². The quantitative estimate of drug-likeness (QED) is 0.611. The Hall–Kier alpha value is -1.82. The number of para-hydroxylation sites is 1. The maximum atomic E-state index is 10.7. The predicted molar refractivity (Wildman–Crippen MR) is 58.8 cm³/mol. The molecule has 0 atom stereocenters. The lowest BCUT2D eigenvalue weighted by atomic mass is 10.2. The van der Waals surface area contributed by atoms with E-state index in [4.69, 9.17) is 16.7 Å². The molecule has 0 radical (unpaired) electrons. The minimum Gasteiger partial charge on any atom is -0.481 e. The number of hydrogen-bond acceptors (Lipinski definition) is 4. The van der Waals surface area contributed by atoms with E-state index in [2.05, 4.69) is 5.32 Å². The molecule has 0 spiro atoms. The number of nitrogens with zero attached hydrogens (tertiary/aromatic N) is 1. The zero-order chi connectivity index (χ0) is 12.1. The largest absolute Gasteiger partial charge is 0.481 e. The molecular formula is C9H9ClN2O4. The first kappa shape index (κ1) is 12.3. The van der Waals surface area contributed by atoms with Crippen molar-refractivity contribution in [3.8, 4) is 0 Å². The van der Waals surface area contributed by atoms with Gasteiger partial charge in [-0.2, -0.15) is 0 Å². The zero-order valence-corrected chi connectivity index (χ0v) is 8.90. The second kappa shape index (κ2) is 5.32. The van der Waals surface area contributed by atoms with Crippen LogP contribution in [-0.4, -0.2) is 22.5 Å². The third-order valence-corrected chi connectivity index (χ3v) is 2.13. The fourth-order valence-corrected chi connectivity index (χ4v) is 1.39. The van der Waals surface area contributed by atoms with Crippen molar-refractivity contribution in [1.82, 2.24) is 0 Å². The van der Waals surface area contributed by atoms with Gasteiger partial charge in [0.25, 0.3) is 0 Å². The third-order valence-electron chi connectivity index (χ3n) is 1.82. The summed E-state index contributed by atoms with van der Waals surface area (Å²) in [5.41, 5.74) is -0.0201. The fraction of sp³-hybridized carbons (Fsp3) is 0.222. The van der Waals surface area contributed by atoms with Crippen molar-refractivity contribution >= 4 is 28.9 Å². The molecule has 7 heteroatoms. The van der Waals surface area contributed by atoms with E-state index in [0.29, 0.717) is 0 Å². The molecule has 0 amide bonds. The molecule has 0 heterocycles. The van der Waals surface area contributed by atoms with Crippen molar-refractivity contribution < 1.29 is 14.8 Å². The Bertz CT molecular complexity index is 422. The molecule has 6 nitrogen and oxygen atoms in total. The van der Waals surface area contributed by atoms with Crippen LogP contribution >= 0.6 is 11.6 Å². The molecule has 0 saturated heterocycles. The molecule has 1 rings (SSSR count). The first-order valence-electron chi connectivity index (χ1n) is 4.41. The minimum absolute atomic E-state index is 0.0188. The van der Waals surface area contributed by atoms with Crippen molar-refractivity contribution in [2.24, 2.45) is 0 Å². The van der Waals surface area contributed by atoms with Gasteiger partial charge in [0.2, 0.25) is 0 Å². The third kappa shape index (κ3) is 3.09. The molecule has 16 heavy (non-hydrogen) atoms. The predicted octanol–water partition coefficient (Wildman–Crippen LogP) is 2.13. The number of carbonyl (C=O) groups is 1. The maximum absolute atomic E-state index is 10.7. The van der Waals surface area contributed by atoms with E-state index in [1.54, 1.807) is 6.07 Å². The average molecular weight is 245 g/mol. The average Bonchev–Trinajstić information content (AvgIpc) is 2.16. The number of anilines is 1. The summed E-state index contributed by atoms with van der Waals surface area (Å²) in [6.07, 6.45) is -0.121. The molecule has 0 aromatic heterocycles. The summed E-state index contributed by atoms with van der Waals surface area (Å²) in [7, 11) is 0. The Balaban J connectivity index is 2.83. The number of aliphatic carboxylic acids is 1. The van der Waals surface area contributed by atoms with Crippen LogP contribution in [0.2, 0.25) is 5.02 Å². The van der Waals surface area contributed by atoms with E-state index in [0.717, 1.165) is 0 Å². The molecule has 0 aliphatic rings. The van der Waals surface area contributed by atoms with Gasteiger partial charge in [-0.05, 0) is 12.1 Å². The minimum atomic E-state index is -0.975. The number of nitrogens with one attached hydrogen (secondary N) is 1. The van der Waals surface area contributed by atoms with Gasteiger partial charge in [-0.15, -0.1) is 0 Å². The molecule has 2 N–H and O–H groups in total. The van der Waals surface area contributed by atoms with Gasteiger partial charge in [-0.1, -0.05) is 17.7 Å². The van der Waals surface area contributed by atoms with Crippen LogP contribution in [0.25, 0.3) is 0 Å². The van der Waals surface area contributed by atoms with Crippen molar-refractivity contribution in [2.45, 2.75) is 6.42 Å². The summed E-state index contributed by atoms with van der Waals surface area (Å²) in [6, 6.07) is 4.44. The topological polar surface area (TPSA) is 92.5 Å². The number of halogens is 1. The highest BCUT2D eigenvalue weighted by Gasteiger charge is 2.17. The van der Waals surface area contributed by atoms with Crippen LogP contribution in [0.5, 0.6) is 0 Å². The van der Waals surface area contributed by atoms with Crippen LogP contribution in [0.1, 0.15) is 6.42 Å². The number of nitro benzene ring substituents is 1. The smallest absolute Gasteiger partial charge is 0.310 e. The first-order valence-corrected chi connectivity index (χ1v) is 4.78. The van der Waals surface area contributed by atoms with Gasteiger partial charge >= 0.3 is 11.7 Å². The molecule has 0 aliphatic carbocycles. The summed E-state index contributed by atoms with van der Waals surface area (Å²) in [5.74, 6) is -0.975. The van der Waals surface area contributed by atoms with Gasteiger partial charge in [-0.3, -0.25) is 14.9 Å². The lowest BCUT2D eigenvalue weighted by Gasteiger charge is -2.06. The SMILES string of the molecule is O=C(O)CCNc1cccc(Cl)c1[N+](=O)[O-].